The fourth-order valence-corrected chi connectivity index (χ4v) is 4.94. The van der Waals surface area contributed by atoms with Crippen molar-refractivity contribution in [3.8, 4) is 5.75 Å². The zero-order valence-corrected chi connectivity index (χ0v) is 20.2. The molecule has 3 aromatic rings. The van der Waals surface area contributed by atoms with Gasteiger partial charge in [0.25, 0.3) is 5.24 Å². The van der Waals surface area contributed by atoms with Crippen LogP contribution in [-0.4, -0.2) is 35.3 Å². The lowest BCUT2D eigenvalue weighted by atomic mass is 10.1. The van der Waals surface area contributed by atoms with Crippen molar-refractivity contribution in [2.75, 3.05) is 13.2 Å². The Balaban J connectivity index is 1.18. The van der Waals surface area contributed by atoms with E-state index in [0.717, 1.165) is 28.6 Å². The standard InChI is InChI=1S/C26H24N2O4S2/c1-18(20-9-13-23(14-10-20)33-22-5-3-2-4-6-22)28-32-16-15-31-21-11-7-19(8-12-21)17-24-25(29)27-26(30)34-24/h2-14,24H,15-17H2,1H3,(H,27,29,30)/b28-18-. The van der Waals surface area contributed by atoms with Gasteiger partial charge in [0, 0.05) is 9.79 Å². The van der Waals surface area contributed by atoms with Gasteiger partial charge in [0.15, 0.2) is 6.61 Å². The normalized spacial score (nSPS) is 15.8. The summed E-state index contributed by atoms with van der Waals surface area (Å²) in [5.41, 5.74) is 2.78. The Morgan fingerprint density at radius 2 is 1.65 bits per heavy atom. The van der Waals surface area contributed by atoms with Crippen molar-refractivity contribution >= 4 is 40.4 Å². The minimum absolute atomic E-state index is 0.231. The van der Waals surface area contributed by atoms with E-state index in [4.69, 9.17) is 9.57 Å². The minimum atomic E-state index is -0.368. The van der Waals surface area contributed by atoms with Gasteiger partial charge in [-0.05, 0) is 60.9 Å². The Hall–Kier alpha value is -3.23. The number of thioether (sulfide) groups is 1. The molecule has 6 nitrogen and oxygen atoms in total. The number of carbonyl (C=O) groups excluding carboxylic acids is 2. The van der Waals surface area contributed by atoms with Gasteiger partial charge in [-0.25, -0.2) is 0 Å². The average Bonchev–Trinajstić information content (AvgIpc) is 3.17. The van der Waals surface area contributed by atoms with Crippen molar-refractivity contribution < 1.29 is 19.2 Å². The highest BCUT2D eigenvalue weighted by molar-refractivity contribution is 8.15. The lowest BCUT2D eigenvalue weighted by Gasteiger charge is -2.08. The van der Waals surface area contributed by atoms with E-state index in [1.807, 2.05) is 61.5 Å². The van der Waals surface area contributed by atoms with Gasteiger partial charge < -0.3 is 9.57 Å². The van der Waals surface area contributed by atoms with E-state index in [9.17, 15) is 9.59 Å². The Kier molecular flexibility index (Phi) is 8.27. The second-order valence-corrected chi connectivity index (χ2v) is 9.85. The number of hydrogen-bond donors (Lipinski definition) is 1. The van der Waals surface area contributed by atoms with Crippen LogP contribution in [0.1, 0.15) is 18.1 Å². The van der Waals surface area contributed by atoms with Crippen LogP contribution in [-0.2, 0) is 16.1 Å². The molecule has 0 aromatic heterocycles. The van der Waals surface area contributed by atoms with Crippen molar-refractivity contribution in [3.63, 3.8) is 0 Å². The van der Waals surface area contributed by atoms with E-state index in [1.165, 1.54) is 9.79 Å². The van der Waals surface area contributed by atoms with E-state index >= 15 is 0 Å². The highest BCUT2D eigenvalue weighted by Gasteiger charge is 2.31. The lowest BCUT2D eigenvalue weighted by Crippen LogP contribution is -2.25. The zero-order chi connectivity index (χ0) is 23.8. The van der Waals surface area contributed by atoms with Crippen LogP contribution in [0, 0.1) is 0 Å². The molecule has 0 radical (unpaired) electrons. The van der Waals surface area contributed by atoms with Gasteiger partial charge in [0.2, 0.25) is 5.91 Å². The fraction of sp³-hybridized carbons (Fsp3) is 0.192. The van der Waals surface area contributed by atoms with Gasteiger partial charge in [0.05, 0.1) is 11.0 Å². The minimum Gasteiger partial charge on any atom is -0.490 e. The number of carbonyl (C=O) groups is 2. The zero-order valence-electron chi connectivity index (χ0n) is 18.6. The molecule has 1 fully saturated rings. The van der Waals surface area contributed by atoms with E-state index in [2.05, 4.69) is 34.7 Å². The van der Waals surface area contributed by atoms with Crippen LogP contribution in [0.25, 0.3) is 0 Å². The molecule has 174 valence electrons. The number of nitrogens with zero attached hydrogens (tertiary/aromatic N) is 1. The Bertz CT molecular complexity index is 1150. The third-order valence-electron chi connectivity index (χ3n) is 5.01. The van der Waals surface area contributed by atoms with Crippen LogP contribution in [0.15, 0.2) is 93.8 Å². The first-order valence-corrected chi connectivity index (χ1v) is 12.5. The first-order valence-electron chi connectivity index (χ1n) is 10.8. The van der Waals surface area contributed by atoms with Gasteiger partial charge in [-0.2, -0.15) is 0 Å². The number of benzene rings is 3. The number of hydrogen-bond acceptors (Lipinski definition) is 7. The summed E-state index contributed by atoms with van der Waals surface area (Å²) in [5.74, 6) is 0.476. The quantitative estimate of drug-likeness (QED) is 0.227. The molecular formula is C26H24N2O4S2. The first-order chi connectivity index (χ1) is 16.6. The number of amides is 2. The highest BCUT2D eigenvalue weighted by Crippen LogP contribution is 2.27. The first kappa shape index (κ1) is 23.9. The van der Waals surface area contributed by atoms with Gasteiger partial charge in [0.1, 0.15) is 12.4 Å². The van der Waals surface area contributed by atoms with Crippen LogP contribution in [0.3, 0.4) is 0 Å². The molecule has 0 spiro atoms. The molecule has 4 rings (SSSR count). The highest BCUT2D eigenvalue weighted by atomic mass is 32.2. The maximum atomic E-state index is 11.7. The molecule has 0 aliphatic carbocycles. The maximum Gasteiger partial charge on any atom is 0.286 e. The van der Waals surface area contributed by atoms with Crippen molar-refractivity contribution in [1.29, 1.82) is 0 Å². The van der Waals surface area contributed by atoms with E-state index in [-0.39, 0.29) is 16.4 Å². The second kappa shape index (κ2) is 11.8. The maximum absolute atomic E-state index is 11.7. The summed E-state index contributed by atoms with van der Waals surface area (Å²) in [4.78, 5) is 30.7. The fourth-order valence-electron chi connectivity index (χ4n) is 3.24. The number of ether oxygens (including phenoxy) is 1. The summed E-state index contributed by atoms with van der Waals surface area (Å²) in [5, 5.41) is 5.84. The number of imide groups is 1. The van der Waals surface area contributed by atoms with Gasteiger partial charge in [-0.3, -0.25) is 14.9 Å². The number of oxime groups is 1. The SMILES string of the molecule is C/C(=N/OCCOc1ccc(CC2SC(=O)NC2=O)cc1)c1ccc(Sc2ccccc2)cc1. The summed E-state index contributed by atoms with van der Waals surface area (Å²) in [7, 11) is 0. The third-order valence-corrected chi connectivity index (χ3v) is 7.00. The molecule has 1 heterocycles. The summed E-state index contributed by atoms with van der Waals surface area (Å²) < 4.78 is 5.69. The summed E-state index contributed by atoms with van der Waals surface area (Å²) in [6.45, 7) is 2.59. The molecule has 1 aliphatic rings. The van der Waals surface area contributed by atoms with Crippen LogP contribution < -0.4 is 10.1 Å². The Labute approximate surface area is 207 Å². The molecule has 1 aliphatic heterocycles. The summed E-state index contributed by atoms with van der Waals surface area (Å²) in [6, 6.07) is 26.0. The Morgan fingerprint density at radius 1 is 0.941 bits per heavy atom. The van der Waals surface area contributed by atoms with Crippen molar-refractivity contribution in [3.05, 3.63) is 90.0 Å². The van der Waals surface area contributed by atoms with Crippen LogP contribution in [0.2, 0.25) is 0 Å². The molecule has 3 aromatic carbocycles. The van der Waals surface area contributed by atoms with E-state index in [1.54, 1.807) is 11.8 Å². The Morgan fingerprint density at radius 3 is 2.32 bits per heavy atom. The molecule has 1 N–H and O–H groups in total. The molecule has 1 atom stereocenters. The van der Waals surface area contributed by atoms with Gasteiger partial charge in [-0.1, -0.05) is 71.1 Å². The topological polar surface area (TPSA) is 77.0 Å². The predicted octanol–water partition coefficient (Wildman–Crippen LogP) is 5.55. The number of nitrogens with one attached hydrogen (secondary N) is 1. The van der Waals surface area contributed by atoms with Crippen LogP contribution >= 0.6 is 23.5 Å². The second-order valence-electron chi connectivity index (χ2n) is 7.53. The van der Waals surface area contributed by atoms with Gasteiger partial charge in [-0.15, -0.1) is 0 Å². The van der Waals surface area contributed by atoms with Crippen molar-refractivity contribution in [2.45, 2.75) is 28.4 Å². The molecular weight excluding hydrogens is 468 g/mol. The van der Waals surface area contributed by atoms with Crippen molar-refractivity contribution in [1.82, 2.24) is 5.32 Å². The van der Waals surface area contributed by atoms with Crippen LogP contribution in [0.4, 0.5) is 4.79 Å². The largest absolute Gasteiger partial charge is 0.490 e. The van der Waals surface area contributed by atoms with Crippen LogP contribution in [0.5, 0.6) is 5.75 Å². The molecule has 1 saturated heterocycles. The van der Waals surface area contributed by atoms with E-state index < -0.39 is 0 Å². The smallest absolute Gasteiger partial charge is 0.286 e. The lowest BCUT2D eigenvalue weighted by molar-refractivity contribution is -0.118. The predicted molar refractivity (Wildman–Crippen MR) is 136 cm³/mol. The molecule has 2 amide bonds. The molecule has 0 saturated carbocycles. The molecule has 0 bridgehead atoms. The molecule has 1 unspecified atom stereocenters. The van der Waals surface area contributed by atoms with Crippen molar-refractivity contribution in [2.24, 2.45) is 5.16 Å². The monoisotopic (exact) mass is 492 g/mol. The summed E-state index contributed by atoms with van der Waals surface area (Å²) in [6.07, 6.45) is 0.506. The third kappa shape index (κ3) is 6.88. The van der Waals surface area contributed by atoms with Gasteiger partial charge >= 0.3 is 0 Å². The molecule has 34 heavy (non-hydrogen) atoms. The van der Waals surface area contributed by atoms with E-state index in [0.29, 0.717) is 25.4 Å². The number of rotatable bonds is 10. The average molecular weight is 493 g/mol. The molecule has 8 heteroatoms. The summed E-state index contributed by atoms with van der Waals surface area (Å²) >= 11 is 2.75.